The zero-order valence-corrected chi connectivity index (χ0v) is 20.2. The third-order valence-corrected chi connectivity index (χ3v) is 5.78. The zero-order chi connectivity index (χ0) is 25.5. The Bertz CT molecular complexity index is 1400. The van der Waals surface area contributed by atoms with E-state index in [1.54, 1.807) is 66.7 Å². The van der Waals surface area contributed by atoms with Crippen LogP contribution in [0.5, 0.6) is 0 Å². The van der Waals surface area contributed by atoms with Gasteiger partial charge < -0.3 is 16.0 Å². The van der Waals surface area contributed by atoms with Crippen molar-refractivity contribution < 1.29 is 14.4 Å². The Morgan fingerprint density at radius 2 is 1.25 bits per heavy atom. The highest BCUT2D eigenvalue weighted by atomic mass is 16.2. The molecule has 0 aliphatic rings. The summed E-state index contributed by atoms with van der Waals surface area (Å²) in [5.41, 5.74) is 5.16. The van der Waals surface area contributed by atoms with E-state index in [9.17, 15) is 14.4 Å². The molecule has 4 aromatic rings. The van der Waals surface area contributed by atoms with Gasteiger partial charge in [-0.15, -0.1) is 0 Å². The highest BCUT2D eigenvalue weighted by Gasteiger charge is 2.16. The lowest BCUT2D eigenvalue weighted by Gasteiger charge is -2.13. The number of rotatable bonds is 7. The minimum absolute atomic E-state index is 0.258. The fourth-order valence-electron chi connectivity index (χ4n) is 3.65. The highest BCUT2D eigenvalue weighted by molar-refractivity contribution is 6.10. The van der Waals surface area contributed by atoms with E-state index in [1.165, 1.54) is 0 Å². The van der Waals surface area contributed by atoms with E-state index in [-0.39, 0.29) is 17.7 Å². The molecule has 0 aromatic heterocycles. The minimum Gasteiger partial charge on any atom is -0.348 e. The van der Waals surface area contributed by atoms with Crippen molar-refractivity contribution in [1.82, 2.24) is 5.32 Å². The molecule has 0 aliphatic carbocycles. The topological polar surface area (TPSA) is 87.3 Å². The van der Waals surface area contributed by atoms with Crippen molar-refractivity contribution in [1.29, 1.82) is 0 Å². The summed E-state index contributed by atoms with van der Waals surface area (Å²) < 4.78 is 0. The molecule has 4 rings (SSSR count). The molecule has 0 radical (unpaired) electrons. The van der Waals surface area contributed by atoms with Gasteiger partial charge >= 0.3 is 0 Å². The summed E-state index contributed by atoms with van der Waals surface area (Å²) in [6.45, 7) is 4.25. The highest BCUT2D eigenvalue weighted by Crippen LogP contribution is 2.21. The molecule has 0 heterocycles. The summed E-state index contributed by atoms with van der Waals surface area (Å²) in [7, 11) is 0. The molecular formula is C30H27N3O3. The number of carbonyl (C=O) groups excluding carboxylic acids is 3. The average molecular weight is 478 g/mol. The summed E-state index contributed by atoms with van der Waals surface area (Å²) in [4.78, 5) is 38.5. The van der Waals surface area contributed by atoms with Gasteiger partial charge in [-0.05, 0) is 61.4 Å². The summed E-state index contributed by atoms with van der Waals surface area (Å²) in [6, 6.07) is 28.7. The van der Waals surface area contributed by atoms with Crippen LogP contribution < -0.4 is 16.0 Å². The fourth-order valence-corrected chi connectivity index (χ4v) is 3.65. The first-order valence-corrected chi connectivity index (χ1v) is 11.6. The predicted octanol–water partition coefficient (Wildman–Crippen LogP) is 5.74. The maximum atomic E-state index is 13.1. The molecule has 0 aliphatic heterocycles. The lowest BCUT2D eigenvalue weighted by Crippen LogP contribution is -2.25. The fraction of sp³-hybridized carbons (Fsp3) is 0.100. The van der Waals surface area contributed by atoms with E-state index in [0.29, 0.717) is 34.6 Å². The molecule has 0 spiro atoms. The Labute approximate surface area is 210 Å². The van der Waals surface area contributed by atoms with Crippen molar-refractivity contribution in [3.8, 4) is 0 Å². The van der Waals surface area contributed by atoms with Crippen molar-refractivity contribution in [2.75, 3.05) is 10.6 Å². The van der Waals surface area contributed by atoms with Crippen molar-refractivity contribution >= 4 is 29.1 Å². The van der Waals surface area contributed by atoms with E-state index < -0.39 is 0 Å². The minimum atomic E-state index is -0.385. The second-order valence-electron chi connectivity index (χ2n) is 8.52. The molecule has 180 valence electrons. The Hall–Kier alpha value is -4.71. The smallest absolute Gasteiger partial charge is 0.255 e. The Morgan fingerprint density at radius 3 is 2.00 bits per heavy atom. The van der Waals surface area contributed by atoms with Crippen LogP contribution in [0, 0.1) is 13.8 Å². The van der Waals surface area contributed by atoms with Gasteiger partial charge in [0.2, 0.25) is 0 Å². The number of anilines is 2. The van der Waals surface area contributed by atoms with Gasteiger partial charge in [-0.1, -0.05) is 66.2 Å². The first-order valence-electron chi connectivity index (χ1n) is 11.6. The first-order chi connectivity index (χ1) is 17.4. The standard InChI is InChI=1S/C30H27N3O3/c1-20-12-15-22(16-13-20)19-31-30(36)25-10-6-7-11-26(25)32-29(35)24-17-14-21(2)27(18-24)33-28(34)23-8-4-3-5-9-23/h3-18H,19H2,1-2H3,(H,31,36)(H,32,35)(H,33,34). The molecule has 0 fully saturated rings. The molecule has 3 amide bonds. The third kappa shape index (κ3) is 6.04. The Kier molecular flexibility index (Phi) is 7.56. The average Bonchev–Trinajstić information content (AvgIpc) is 2.90. The van der Waals surface area contributed by atoms with Gasteiger partial charge in [0, 0.05) is 23.4 Å². The number of nitrogens with one attached hydrogen (secondary N) is 3. The van der Waals surface area contributed by atoms with Crippen LogP contribution in [0.15, 0.2) is 97.1 Å². The SMILES string of the molecule is Cc1ccc(CNC(=O)c2ccccc2NC(=O)c2ccc(C)c(NC(=O)c3ccccc3)c2)cc1. The molecule has 6 nitrogen and oxygen atoms in total. The molecule has 36 heavy (non-hydrogen) atoms. The molecule has 4 aromatic carbocycles. The van der Waals surface area contributed by atoms with Crippen molar-refractivity contribution in [3.63, 3.8) is 0 Å². The summed E-state index contributed by atoms with van der Waals surface area (Å²) in [6.07, 6.45) is 0. The van der Waals surface area contributed by atoms with Crippen molar-refractivity contribution in [2.24, 2.45) is 0 Å². The first kappa shape index (κ1) is 24.4. The number of hydrogen-bond donors (Lipinski definition) is 3. The number of amides is 3. The van der Waals surface area contributed by atoms with Crippen molar-refractivity contribution in [3.05, 3.63) is 130 Å². The quantitative estimate of drug-likeness (QED) is 0.317. The Morgan fingerprint density at radius 1 is 0.611 bits per heavy atom. The van der Waals surface area contributed by atoms with Gasteiger partial charge in [-0.2, -0.15) is 0 Å². The lowest BCUT2D eigenvalue weighted by atomic mass is 10.1. The van der Waals surface area contributed by atoms with E-state index in [4.69, 9.17) is 0 Å². The van der Waals surface area contributed by atoms with Gasteiger partial charge in [0.05, 0.1) is 11.3 Å². The van der Waals surface area contributed by atoms with E-state index in [1.807, 2.05) is 44.2 Å². The number of hydrogen-bond acceptors (Lipinski definition) is 3. The largest absolute Gasteiger partial charge is 0.348 e. The van der Waals surface area contributed by atoms with Crippen LogP contribution in [0.1, 0.15) is 47.8 Å². The summed E-state index contributed by atoms with van der Waals surface area (Å²) in [5.74, 6) is -0.929. The lowest BCUT2D eigenvalue weighted by molar-refractivity contribution is 0.0951. The normalized spacial score (nSPS) is 10.4. The molecule has 0 saturated heterocycles. The van der Waals surface area contributed by atoms with Gasteiger partial charge in [0.25, 0.3) is 17.7 Å². The summed E-state index contributed by atoms with van der Waals surface area (Å²) >= 11 is 0. The molecule has 6 heteroatoms. The molecular weight excluding hydrogens is 450 g/mol. The predicted molar refractivity (Wildman–Crippen MR) is 142 cm³/mol. The van der Waals surface area contributed by atoms with Gasteiger partial charge in [0.15, 0.2) is 0 Å². The van der Waals surface area contributed by atoms with E-state index in [2.05, 4.69) is 16.0 Å². The third-order valence-electron chi connectivity index (χ3n) is 5.78. The van der Waals surface area contributed by atoms with Crippen molar-refractivity contribution in [2.45, 2.75) is 20.4 Å². The number of aryl methyl sites for hydroxylation is 2. The molecule has 0 bridgehead atoms. The van der Waals surface area contributed by atoms with E-state index >= 15 is 0 Å². The number of para-hydroxylation sites is 1. The van der Waals surface area contributed by atoms with E-state index in [0.717, 1.165) is 16.7 Å². The van der Waals surface area contributed by atoms with Crippen LogP contribution in [-0.4, -0.2) is 17.7 Å². The van der Waals surface area contributed by atoms with Gasteiger partial charge in [0.1, 0.15) is 0 Å². The second-order valence-corrected chi connectivity index (χ2v) is 8.52. The molecule has 0 unspecified atom stereocenters. The van der Waals surface area contributed by atoms with Crippen LogP contribution in [0.25, 0.3) is 0 Å². The molecule has 0 saturated carbocycles. The zero-order valence-electron chi connectivity index (χ0n) is 20.2. The van der Waals surface area contributed by atoms with Gasteiger partial charge in [-0.25, -0.2) is 0 Å². The van der Waals surface area contributed by atoms with Crippen LogP contribution >= 0.6 is 0 Å². The molecule has 0 atom stereocenters. The maximum Gasteiger partial charge on any atom is 0.255 e. The number of benzene rings is 4. The van der Waals surface area contributed by atoms with Crippen LogP contribution in [0.3, 0.4) is 0 Å². The van der Waals surface area contributed by atoms with Crippen LogP contribution in [-0.2, 0) is 6.54 Å². The second kappa shape index (κ2) is 11.1. The maximum absolute atomic E-state index is 13.1. The molecule has 3 N–H and O–H groups in total. The monoisotopic (exact) mass is 477 g/mol. The summed E-state index contributed by atoms with van der Waals surface area (Å²) in [5, 5.41) is 8.60. The number of carbonyl (C=O) groups is 3. The Balaban J connectivity index is 1.47. The van der Waals surface area contributed by atoms with Crippen LogP contribution in [0.2, 0.25) is 0 Å². The van der Waals surface area contributed by atoms with Crippen LogP contribution in [0.4, 0.5) is 11.4 Å². The van der Waals surface area contributed by atoms with Gasteiger partial charge in [-0.3, -0.25) is 14.4 Å².